The van der Waals surface area contributed by atoms with E-state index in [1.165, 1.54) is 0 Å². The van der Waals surface area contributed by atoms with Gasteiger partial charge in [-0.25, -0.2) is 9.97 Å². The van der Waals surface area contributed by atoms with Gasteiger partial charge in [-0.3, -0.25) is 10.6 Å². The van der Waals surface area contributed by atoms with Crippen molar-refractivity contribution in [2.75, 3.05) is 32.1 Å². The maximum atomic E-state index is 12.3. The molecule has 0 spiro atoms. The highest BCUT2D eigenvalue weighted by Crippen LogP contribution is 2.16. The third-order valence-corrected chi connectivity index (χ3v) is 3.73. The van der Waals surface area contributed by atoms with Crippen molar-refractivity contribution in [3.8, 4) is 0 Å². The Morgan fingerprint density at radius 3 is 2.90 bits per heavy atom. The standard InChI is InChI=1S/C14H24N6O/c1-9(2)13-16-7-11(19-15)12(18-13)14(21)17-6-10-4-5-20(3)8-10/h7,9-10,19H,4-6,8,15H2,1-3H3,(H,17,21). The highest BCUT2D eigenvalue weighted by molar-refractivity contribution is 5.97. The molecule has 7 nitrogen and oxygen atoms in total. The fraction of sp³-hybridized carbons (Fsp3) is 0.643. The van der Waals surface area contributed by atoms with Gasteiger partial charge in [0.05, 0.1) is 11.9 Å². The second-order valence-electron chi connectivity index (χ2n) is 5.92. The molecular weight excluding hydrogens is 268 g/mol. The SMILES string of the molecule is CC(C)c1ncc(NN)c(C(=O)NCC2CCN(C)C2)n1. The van der Waals surface area contributed by atoms with E-state index < -0.39 is 0 Å². The first-order chi connectivity index (χ1) is 10.0. The maximum absolute atomic E-state index is 12.3. The van der Waals surface area contributed by atoms with E-state index in [1.54, 1.807) is 6.20 Å². The summed E-state index contributed by atoms with van der Waals surface area (Å²) in [6.07, 6.45) is 2.67. The Morgan fingerprint density at radius 1 is 1.57 bits per heavy atom. The Balaban J connectivity index is 2.05. The molecule has 1 aliphatic heterocycles. The van der Waals surface area contributed by atoms with Crippen LogP contribution in [0.2, 0.25) is 0 Å². The lowest BCUT2D eigenvalue weighted by atomic mass is 10.1. The number of anilines is 1. The molecule has 1 aromatic heterocycles. The largest absolute Gasteiger partial charge is 0.350 e. The number of amides is 1. The molecule has 0 saturated carbocycles. The summed E-state index contributed by atoms with van der Waals surface area (Å²) in [6.45, 7) is 6.74. The van der Waals surface area contributed by atoms with Gasteiger partial charge in [-0.15, -0.1) is 0 Å². The number of likely N-dealkylation sites (tertiary alicyclic amines) is 1. The van der Waals surface area contributed by atoms with Crippen LogP contribution in [0.3, 0.4) is 0 Å². The maximum Gasteiger partial charge on any atom is 0.272 e. The highest BCUT2D eigenvalue weighted by Gasteiger charge is 2.21. The van der Waals surface area contributed by atoms with Gasteiger partial charge in [-0.05, 0) is 25.9 Å². The van der Waals surface area contributed by atoms with Crippen LogP contribution in [0.1, 0.15) is 42.5 Å². The van der Waals surface area contributed by atoms with E-state index in [9.17, 15) is 4.79 Å². The van der Waals surface area contributed by atoms with Crippen LogP contribution in [0.5, 0.6) is 0 Å². The van der Waals surface area contributed by atoms with Crippen LogP contribution >= 0.6 is 0 Å². The Kier molecular flexibility index (Phi) is 5.08. The number of aromatic nitrogens is 2. The molecule has 0 radical (unpaired) electrons. The van der Waals surface area contributed by atoms with Gasteiger partial charge >= 0.3 is 0 Å². The van der Waals surface area contributed by atoms with E-state index >= 15 is 0 Å². The zero-order valence-corrected chi connectivity index (χ0v) is 12.9. The lowest BCUT2D eigenvalue weighted by molar-refractivity contribution is 0.0943. The van der Waals surface area contributed by atoms with Crippen LogP contribution < -0.4 is 16.6 Å². The number of hydrogen-bond donors (Lipinski definition) is 3. The van der Waals surface area contributed by atoms with Crippen LogP contribution in [0.15, 0.2) is 6.20 Å². The number of nitrogens with two attached hydrogens (primary N) is 1. The summed E-state index contributed by atoms with van der Waals surface area (Å²) in [4.78, 5) is 23.1. The molecule has 116 valence electrons. The molecule has 2 heterocycles. The molecule has 1 aliphatic rings. The van der Waals surface area contributed by atoms with Crippen LogP contribution in [0.4, 0.5) is 5.69 Å². The predicted molar refractivity (Wildman–Crippen MR) is 81.9 cm³/mol. The number of nitrogens with zero attached hydrogens (tertiary/aromatic N) is 3. The molecule has 4 N–H and O–H groups in total. The first kappa shape index (κ1) is 15.7. The van der Waals surface area contributed by atoms with E-state index in [0.29, 0.717) is 29.7 Å². The minimum absolute atomic E-state index is 0.159. The second kappa shape index (κ2) is 6.82. The molecule has 21 heavy (non-hydrogen) atoms. The summed E-state index contributed by atoms with van der Waals surface area (Å²) >= 11 is 0. The zero-order chi connectivity index (χ0) is 15.4. The first-order valence-corrected chi connectivity index (χ1v) is 7.31. The normalized spacial score (nSPS) is 19.0. The van der Waals surface area contributed by atoms with Crippen molar-refractivity contribution < 1.29 is 4.79 Å². The zero-order valence-electron chi connectivity index (χ0n) is 12.9. The number of nitrogens with one attached hydrogen (secondary N) is 2. The average molecular weight is 292 g/mol. The summed E-state index contributed by atoms with van der Waals surface area (Å²) in [5.41, 5.74) is 3.24. The third-order valence-electron chi connectivity index (χ3n) is 3.73. The van der Waals surface area contributed by atoms with Gasteiger partial charge in [0.15, 0.2) is 5.69 Å². The molecule has 7 heteroatoms. The first-order valence-electron chi connectivity index (χ1n) is 7.31. The Labute approximate surface area is 125 Å². The molecular formula is C14H24N6O. The summed E-state index contributed by atoms with van der Waals surface area (Å²) in [5.74, 6) is 6.53. The second-order valence-corrected chi connectivity index (χ2v) is 5.92. The Hall–Kier alpha value is -1.73. The topological polar surface area (TPSA) is 96.2 Å². The predicted octanol–water partition coefficient (Wildman–Crippen LogP) is 0.567. The van der Waals surface area contributed by atoms with E-state index in [0.717, 1.165) is 19.5 Å². The molecule has 1 fully saturated rings. The summed E-state index contributed by atoms with van der Waals surface area (Å²) in [7, 11) is 2.09. The Morgan fingerprint density at radius 2 is 2.33 bits per heavy atom. The molecule has 1 aromatic rings. The van der Waals surface area contributed by atoms with Gasteiger partial charge in [-0.2, -0.15) is 0 Å². The number of carbonyl (C=O) groups is 1. The van der Waals surface area contributed by atoms with Crippen LogP contribution in [0.25, 0.3) is 0 Å². The molecule has 1 atom stereocenters. The van der Waals surface area contributed by atoms with Crippen molar-refractivity contribution in [3.63, 3.8) is 0 Å². The van der Waals surface area contributed by atoms with Crippen molar-refractivity contribution in [2.45, 2.75) is 26.2 Å². The quantitative estimate of drug-likeness (QED) is 0.542. The van der Waals surface area contributed by atoms with Crippen LogP contribution in [-0.2, 0) is 0 Å². The molecule has 1 unspecified atom stereocenters. The smallest absolute Gasteiger partial charge is 0.272 e. The summed E-state index contributed by atoms with van der Waals surface area (Å²) in [5, 5.41) is 2.95. The van der Waals surface area contributed by atoms with Crippen LogP contribution in [0, 0.1) is 5.92 Å². The van der Waals surface area contributed by atoms with Gasteiger partial charge in [0.1, 0.15) is 5.82 Å². The Bertz CT molecular complexity index is 504. The van der Waals surface area contributed by atoms with E-state index in [1.807, 2.05) is 13.8 Å². The molecule has 0 aliphatic carbocycles. The third kappa shape index (κ3) is 3.89. The molecule has 0 bridgehead atoms. The van der Waals surface area contributed by atoms with Crippen molar-refractivity contribution >= 4 is 11.6 Å². The molecule has 1 amide bonds. The van der Waals surface area contributed by atoms with Gasteiger partial charge in [0, 0.05) is 19.0 Å². The van der Waals surface area contributed by atoms with Crippen molar-refractivity contribution in [3.05, 3.63) is 17.7 Å². The number of rotatable bonds is 5. The van der Waals surface area contributed by atoms with Gasteiger partial charge < -0.3 is 15.6 Å². The fourth-order valence-corrected chi connectivity index (χ4v) is 2.47. The lowest BCUT2D eigenvalue weighted by Crippen LogP contribution is -2.32. The monoisotopic (exact) mass is 292 g/mol. The van der Waals surface area contributed by atoms with E-state index in [4.69, 9.17) is 5.84 Å². The minimum Gasteiger partial charge on any atom is -0.350 e. The van der Waals surface area contributed by atoms with Gasteiger partial charge in [0.25, 0.3) is 5.91 Å². The summed E-state index contributed by atoms with van der Waals surface area (Å²) in [6, 6.07) is 0. The minimum atomic E-state index is -0.207. The number of hydrazine groups is 1. The summed E-state index contributed by atoms with van der Waals surface area (Å²) < 4.78 is 0. The van der Waals surface area contributed by atoms with Gasteiger partial charge in [0.2, 0.25) is 0 Å². The van der Waals surface area contributed by atoms with Crippen LogP contribution in [-0.4, -0.2) is 47.5 Å². The van der Waals surface area contributed by atoms with E-state index in [2.05, 4.69) is 32.7 Å². The van der Waals surface area contributed by atoms with E-state index in [-0.39, 0.29) is 11.8 Å². The average Bonchev–Trinajstić information content (AvgIpc) is 2.89. The van der Waals surface area contributed by atoms with Gasteiger partial charge in [-0.1, -0.05) is 13.8 Å². The lowest BCUT2D eigenvalue weighted by Gasteiger charge is -2.14. The highest BCUT2D eigenvalue weighted by atomic mass is 16.1. The number of hydrogen-bond acceptors (Lipinski definition) is 6. The fourth-order valence-electron chi connectivity index (χ4n) is 2.47. The molecule has 0 aromatic carbocycles. The van der Waals surface area contributed by atoms with Crippen molar-refractivity contribution in [2.24, 2.45) is 11.8 Å². The van der Waals surface area contributed by atoms with Crippen molar-refractivity contribution in [1.29, 1.82) is 0 Å². The number of carbonyl (C=O) groups excluding carboxylic acids is 1. The van der Waals surface area contributed by atoms with Crippen molar-refractivity contribution in [1.82, 2.24) is 20.2 Å². The number of nitrogen functional groups attached to an aromatic ring is 1. The molecule has 2 rings (SSSR count). The molecule has 1 saturated heterocycles.